The summed E-state index contributed by atoms with van der Waals surface area (Å²) in [5, 5.41) is 8.13. The van der Waals surface area contributed by atoms with Crippen LogP contribution in [0.5, 0.6) is 0 Å². The van der Waals surface area contributed by atoms with Gasteiger partial charge in [0.2, 0.25) is 5.13 Å². The summed E-state index contributed by atoms with van der Waals surface area (Å²) in [7, 11) is -4.20. The van der Waals surface area contributed by atoms with E-state index in [1.165, 1.54) is 0 Å². The Morgan fingerprint density at radius 1 is 1.52 bits per heavy atom. The van der Waals surface area contributed by atoms with Crippen LogP contribution in [0.25, 0.3) is 0 Å². The van der Waals surface area contributed by atoms with Crippen LogP contribution >= 0.6 is 38.9 Å². The molecule has 0 fully saturated rings. The molecule has 0 aliphatic rings. The molecule has 0 aliphatic heterocycles. The number of halogens is 3. The van der Waals surface area contributed by atoms with Crippen molar-refractivity contribution >= 4 is 59.7 Å². The molecule has 6 nitrogen and oxygen atoms in total. The SMILES string of the molecule is CCc1nnc(NS(=O)(=O)c2cc(Cl)c(Br)c(N)c2F)s1. The van der Waals surface area contributed by atoms with Gasteiger partial charge in [-0.25, -0.2) is 12.8 Å². The molecule has 3 N–H and O–H groups in total. The van der Waals surface area contributed by atoms with E-state index in [0.29, 0.717) is 11.4 Å². The maximum absolute atomic E-state index is 14.0. The number of hydrogen-bond donors (Lipinski definition) is 2. The molecule has 0 unspecified atom stereocenters. The quantitative estimate of drug-likeness (QED) is 0.591. The van der Waals surface area contributed by atoms with Gasteiger partial charge in [0, 0.05) is 0 Å². The molecule has 0 atom stereocenters. The largest absolute Gasteiger partial charge is 0.395 e. The highest BCUT2D eigenvalue weighted by Gasteiger charge is 2.25. The van der Waals surface area contributed by atoms with Gasteiger partial charge in [-0.15, -0.1) is 10.2 Å². The summed E-state index contributed by atoms with van der Waals surface area (Å²) in [6.45, 7) is 1.85. The van der Waals surface area contributed by atoms with Crippen LogP contribution in [-0.2, 0) is 16.4 Å². The molecular formula is C10H9BrClFN4O2S2. The number of aryl methyl sites for hydroxylation is 1. The number of nitrogens with two attached hydrogens (primary N) is 1. The average Bonchev–Trinajstić information content (AvgIpc) is 2.87. The molecule has 114 valence electrons. The van der Waals surface area contributed by atoms with E-state index in [2.05, 4.69) is 30.8 Å². The molecule has 11 heteroatoms. The average molecular weight is 416 g/mol. The van der Waals surface area contributed by atoms with E-state index >= 15 is 0 Å². The lowest BCUT2D eigenvalue weighted by molar-refractivity contribution is 0.572. The highest BCUT2D eigenvalue weighted by molar-refractivity contribution is 9.10. The number of nitrogens with one attached hydrogen (secondary N) is 1. The van der Waals surface area contributed by atoms with Crippen LogP contribution in [0.2, 0.25) is 5.02 Å². The molecule has 0 saturated heterocycles. The lowest BCUT2D eigenvalue weighted by atomic mass is 10.3. The van der Waals surface area contributed by atoms with Gasteiger partial charge in [-0.3, -0.25) is 4.72 Å². The summed E-state index contributed by atoms with van der Waals surface area (Å²) in [6, 6.07) is 0.974. The Labute approximate surface area is 137 Å². The Morgan fingerprint density at radius 2 is 2.19 bits per heavy atom. The van der Waals surface area contributed by atoms with Gasteiger partial charge >= 0.3 is 0 Å². The fourth-order valence-electron chi connectivity index (χ4n) is 1.40. The smallest absolute Gasteiger partial charge is 0.266 e. The van der Waals surface area contributed by atoms with Crippen LogP contribution in [0, 0.1) is 5.82 Å². The highest BCUT2D eigenvalue weighted by Crippen LogP contribution is 2.35. The van der Waals surface area contributed by atoms with Crippen LogP contribution in [-0.4, -0.2) is 18.6 Å². The molecule has 1 aromatic carbocycles. The van der Waals surface area contributed by atoms with E-state index in [1.54, 1.807) is 0 Å². The molecule has 0 aliphatic carbocycles. The summed E-state index contributed by atoms with van der Waals surface area (Å²) in [4.78, 5) is -0.651. The summed E-state index contributed by atoms with van der Waals surface area (Å²) in [5.74, 6) is -1.08. The van der Waals surface area contributed by atoms with Gasteiger partial charge in [0.1, 0.15) is 9.90 Å². The Kier molecular flexibility index (Phi) is 4.71. The number of aromatic nitrogens is 2. The second-order valence-corrected chi connectivity index (χ2v) is 7.77. The molecule has 0 radical (unpaired) electrons. The van der Waals surface area contributed by atoms with Crippen LogP contribution in [0.4, 0.5) is 15.2 Å². The molecule has 1 heterocycles. The topological polar surface area (TPSA) is 98.0 Å². The summed E-state index contributed by atoms with van der Waals surface area (Å²) >= 11 is 9.86. The first-order chi connectivity index (χ1) is 9.76. The number of benzene rings is 1. The monoisotopic (exact) mass is 414 g/mol. The van der Waals surface area contributed by atoms with Crippen molar-refractivity contribution < 1.29 is 12.8 Å². The van der Waals surface area contributed by atoms with E-state index in [0.717, 1.165) is 17.4 Å². The third-order valence-electron chi connectivity index (χ3n) is 2.44. The zero-order chi connectivity index (χ0) is 15.8. The van der Waals surface area contributed by atoms with Gasteiger partial charge in [0.15, 0.2) is 5.82 Å². The molecule has 0 saturated carbocycles. The van der Waals surface area contributed by atoms with Gasteiger partial charge in [-0.2, -0.15) is 0 Å². The third kappa shape index (κ3) is 3.28. The summed E-state index contributed by atoms with van der Waals surface area (Å²) in [6.07, 6.45) is 0.616. The van der Waals surface area contributed by atoms with Gasteiger partial charge in [-0.05, 0) is 28.4 Å². The van der Waals surface area contributed by atoms with E-state index in [1.807, 2.05) is 6.92 Å². The maximum atomic E-state index is 14.0. The molecule has 0 spiro atoms. The second kappa shape index (κ2) is 6.03. The summed E-state index contributed by atoms with van der Waals surface area (Å²) in [5.41, 5.74) is 5.10. The summed E-state index contributed by atoms with van der Waals surface area (Å²) < 4.78 is 40.7. The van der Waals surface area contributed by atoms with Crippen molar-refractivity contribution in [1.29, 1.82) is 0 Å². The number of hydrogen-bond acceptors (Lipinski definition) is 6. The molecule has 21 heavy (non-hydrogen) atoms. The van der Waals surface area contributed by atoms with Gasteiger partial charge < -0.3 is 5.73 Å². The first-order valence-corrected chi connectivity index (χ1v) is 9.01. The minimum absolute atomic E-state index is 0.0132. The normalized spacial score (nSPS) is 11.6. The molecule has 0 bridgehead atoms. The highest BCUT2D eigenvalue weighted by atomic mass is 79.9. The van der Waals surface area contributed by atoms with E-state index in [4.69, 9.17) is 17.3 Å². The third-order valence-corrected chi connectivity index (χ3v) is 6.27. The van der Waals surface area contributed by atoms with Crippen molar-refractivity contribution in [3.63, 3.8) is 0 Å². The maximum Gasteiger partial charge on any atom is 0.266 e. The molecule has 2 aromatic rings. The van der Waals surface area contributed by atoms with E-state index in [9.17, 15) is 12.8 Å². The Morgan fingerprint density at radius 3 is 2.76 bits per heavy atom. The van der Waals surface area contributed by atoms with Crippen molar-refractivity contribution in [3.05, 3.63) is 26.4 Å². The number of anilines is 2. The Balaban J connectivity index is 2.45. The predicted molar refractivity (Wildman–Crippen MR) is 83.6 cm³/mol. The zero-order valence-corrected chi connectivity index (χ0v) is 14.5. The van der Waals surface area contributed by atoms with Gasteiger partial charge in [0.05, 0.1) is 15.2 Å². The van der Waals surface area contributed by atoms with E-state index < -0.39 is 20.7 Å². The molecule has 2 rings (SSSR count). The van der Waals surface area contributed by atoms with E-state index in [-0.39, 0.29) is 20.3 Å². The fourth-order valence-corrected chi connectivity index (χ4v) is 3.99. The fraction of sp³-hybridized carbons (Fsp3) is 0.200. The molecule has 0 amide bonds. The first kappa shape index (κ1) is 16.4. The molecular weight excluding hydrogens is 407 g/mol. The first-order valence-electron chi connectivity index (χ1n) is 5.54. The van der Waals surface area contributed by atoms with Crippen LogP contribution in [0.1, 0.15) is 11.9 Å². The Bertz CT molecular complexity index is 797. The lowest BCUT2D eigenvalue weighted by Crippen LogP contribution is -2.15. The number of sulfonamides is 1. The van der Waals surface area contributed by atoms with Crippen molar-refractivity contribution in [1.82, 2.24) is 10.2 Å². The lowest BCUT2D eigenvalue weighted by Gasteiger charge is -2.10. The standard InChI is InChI=1S/C10H9BrClFN4O2S2/c1-2-6-15-16-10(20-6)17-21(18,19)5-3-4(12)7(11)9(14)8(5)13/h3H,2,14H2,1H3,(H,16,17). The minimum atomic E-state index is -4.20. The molecule has 1 aromatic heterocycles. The number of nitrogens with zero attached hydrogens (tertiary/aromatic N) is 2. The van der Waals surface area contributed by atoms with Gasteiger partial charge in [-0.1, -0.05) is 29.9 Å². The second-order valence-electron chi connectivity index (χ2n) is 3.86. The zero-order valence-electron chi connectivity index (χ0n) is 10.5. The number of rotatable bonds is 4. The predicted octanol–water partition coefficient (Wildman–Crippen LogP) is 3.04. The van der Waals surface area contributed by atoms with Crippen molar-refractivity contribution in [2.24, 2.45) is 0 Å². The Hall–Kier alpha value is -0.970. The van der Waals surface area contributed by atoms with Crippen molar-refractivity contribution in [2.75, 3.05) is 10.5 Å². The van der Waals surface area contributed by atoms with Crippen molar-refractivity contribution in [2.45, 2.75) is 18.2 Å². The number of nitrogen functional groups attached to an aromatic ring is 1. The van der Waals surface area contributed by atoms with Crippen molar-refractivity contribution in [3.8, 4) is 0 Å². The van der Waals surface area contributed by atoms with Crippen LogP contribution < -0.4 is 10.5 Å². The van der Waals surface area contributed by atoms with Crippen LogP contribution in [0.3, 0.4) is 0 Å². The van der Waals surface area contributed by atoms with Gasteiger partial charge in [0.25, 0.3) is 10.0 Å². The van der Waals surface area contributed by atoms with Crippen LogP contribution in [0.15, 0.2) is 15.4 Å². The minimum Gasteiger partial charge on any atom is -0.395 e.